The minimum Gasteiger partial charge on any atom is -0.375 e. The van der Waals surface area contributed by atoms with Crippen molar-refractivity contribution in [2.24, 2.45) is 5.92 Å². The molecule has 0 spiro atoms. The molecule has 1 aliphatic rings. The van der Waals surface area contributed by atoms with Crippen LogP contribution in [0.5, 0.6) is 0 Å². The van der Waals surface area contributed by atoms with Gasteiger partial charge in [-0.2, -0.15) is 0 Å². The van der Waals surface area contributed by atoms with Gasteiger partial charge in [0, 0.05) is 6.54 Å². The van der Waals surface area contributed by atoms with Crippen molar-refractivity contribution in [3.05, 3.63) is 0 Å². The predicted octanol–water partition coefficient (Wildman–Crippen LogP) is 2.97. The fraction of sp³-hybridized carbons (Fsp3) is 1.00. The molecule has 2 nitrogen and oxygen atoms in total. The Kier molecular flexibility index (Phi) is 5.62. The van der Waals surface area contributed by atoms with Crippen molar-refractivity contribution in [2.45, 2.75) is 58.5 Å². The van der Waals surface area contributed by atoms with E-state index < -0.39 is 0 Å². The average molecular weight is 213 g/mol. The van der Waals surface area contributed by atoms with Crippen LogP contribution in [0.1, 0.15) is 52.9 Å². The number of hydrogen-bond donors (Lipinski definition) is 1. The molecule has 0 aromatic carbocycles. The van der Waals surface area contributed by atoms with E-state index in [4.69, 9.17) is 4.74 Å². The maximum atomic E-state index is 5.64. The van der Waals surface area contributed by atoms with Crippen LogP contribution < -0.4 is 5.32 Å². The molecule has 1 N–H and O–H groups in total. The standard InChI is InChI=1S/C13H27NO/c1-13(2,3)15-11-10-14-9-8-12-6-4-5-7-12/h12,14H,4-11H2,1-3H3. The number of nitrogens with one attached hydrogen (secondary N) is 1. The first-order valence-corrected chi connectivity index (χ1v) is 6.42. The Balaban J connectivity index is 1.84. The van der Waals surface area contributed by atoms with Crippen molar-refractivity contribution in [1.29, 1.82) is 0 Å². The third-order valence-corrected chi connectivity index (χ3v) is 3.02. The summed E-state index contributed by atoms with van der Waals surface area (Å²) in [5.41, 5.74) is 0.00708. The molecule has 1 aliphatic carbocycles. The van der Waals surface area contributed by atoms with Crippen molar-refractivity contribution >= 4 is 0 Å². The van der Waals surface area contributed by atoms with E-state index in [1.165, 1.54) is 32.1 Å². The van der Waals surface area contributed by atoms with Crippen molar-refractivity contribution in [2.75, 3.05) is 19.7 Å². The lowest BCUT2D eigenvalue weighted by Gasteiger charge is -2.19. The van der Waals surface area contributed by atoms with Crippen molar-refractivity contribution in [3.63, 3.8) is 0 Å². The van der Waals surface area contributed by atoms with Gasteiger partial charge in [0.2, 0.25) is 0 Å². The molecule has 1 fully saturated rings. The molecule has 1 saturated carbocycles. The molecule has 0 bridgehead atoms. The third-order valence-electron chi connectivity index (χ3n) is 3.02. The fourth-order valence-electron chi connectivity index (χ4n) is 2.16. The molecule has 90 valence electrons. The average Bonchev–Trinajstić information content (AvgIpc) is 2.61. The Morgan fingerprint density at radius 2 is 1.80 bits per heavy atom. The summed E-state index contributed by atoms with van der Waals surface area (Å²) in [7, 11) is 0. The summed E-state index contributed by atoms with van der Waals surface area (Å²) in [5.74, 6) is 1.00. The van der Waals surface area contributed by atoms with Crippen LogP contribution in [-0.4, -0.2) is 25.3 Å². The molecule has 0 saturated heterocycles. The Morgan fingerprint density at radius 3 is 2.40 bits per heavy atom. The second-order valence-corrected chi connectivity index (χ2v) is 5.65. The molecule has 2 heteroatoms. The van der Waals surface area contributed by atoms with Gasteiger partial charge in [-0.25, -0.2) is 0 Å². The van der Waals surface area contributed by atoms with Gasteiger partial charge in [-0.1, -0.05) is 25.7 Å². The summed E-state index contributed by atoms with van der Waals surface area (Å²) < 4.78 is 5.64. The van der Waals surface area contributed by atoms with Crippen LogP contribution in [0.3, 0.4) is 0 Å². The van der Waals surface area contributed by atoms with E-state index in [-0.39, 0.29) is 5.60 Å². The fourth-order valence-corrected chi connectivity index (χ4v) is 2.16. The highest BCUT2D eigenvalue weighted by Gasteiger charge is 2.14. The summed E-state index contributed by atoms with van der Waals surface area (Å²) in [6.45, 7) is 9.29. The predicted molar refractivity (Wildman–Crippen MR) is 65.1 cm³/mol. The van der Waals surface area contributed by atoms with Crippen LogP contribution in [0.15, 0.2) is 0 Å². The van der Waals surface area contributed by atoms with Gasteiger partial charge in [0.05, 0.1) is 12.2 Å². The van der Waals surface area contributed by atoms with E-state index in [0.717, 1.165) is 25.6 Å². The Morgan fingerprint density at radius 1 is 1.13 bits per heavy atom. The second kappa shape index (κ2) is 6.49. The first-order valence-electron chi connectivity index (χ1n) is 6.42. The van der Waals surface area contributed by atoms with Gasteiger partial charge in [-0.05, 0) is 39.7 Å². The number of rotatable bonds is 6. The van der Waals surface area contributed by atoms with Crippen LogP contribution in [0.25, 0.3) is 0 Å². The van der Waals surface area contributed by atoms with Crippen LogP contribution in [0.2, 0.25) is 0 Å². The van der Waals surface area contributed by atoms with Gasteiger partial charge in [-0.15, -0.1) is 0 Å². The molecule has 0 amide bonds. The van der Waals surface area contributed by atoms with Crippen molar-refractivity contribution < 1.29 is 4.74 Å². The number of ether oxygens (including phenoxy) is 1. The lowest BCUT2D eigenvalue weighted by molar-refractivity contribution is -0.000820. The van der Waals surface area contributed by atoms with Crippen LogP contribution in [0, 0.1) is 5.92 Å². The first kappa shape index (κ1) is 13.0. The molecule has 0 aromatic rings. The quantitative estimate of drug-likeness (QED) is 0.685. The molecule has 0 aromatic heterocycles. The summed E-state index contributed by atoms with van der Waals surface area (Å²) >= 11 is 0. The van der Waals surface area contributed by atoms with Crippen molar-refractivity contribution in [3.8, 4) is 0 Å². The third kappa shape index (κ3) is 6.91. The van der Waals surface area contributed by atoms with Gasteiger partial charge in [-0.3, -0.25) is 0 Å². The lowest BCUT2D eigenvalue weighted by atomic mass is 10.0. The molecule has 0 atom stereocenters. The van der Waals surface area contributed by atoms with Crippen LogP contribution in [0.4, 0.5) is 0 Å². The van der Waals surface area contributed by atoms with Crippen LogP contribution in [-0.2, 0) is 4.74 Å². The molecule has 0 radical (unpaired) electrons. The van der Waals surface area contributed by atoms with Gasteiger partial charge >= 0.3 is 0 Å². The summed E-state index contributed by atoms with van der Waals surface area (Å²) in [5, 5.41) is 3.46. The van der Waals surface area contributed by atoms with Crippen LogP contribution >= 0.6 is 0 Å². The van der Waals surface area contributed by atoms with E-state index in [2.05, 4.69) is 26.1 Å². The summed E-state index contributed by atoms with van der Waals surface area (Å²) in [4.78, 5) is 0. The van der Waals surface area contributed by atoms with E-state index in [9.17, 15) is 0 Å². The van der Waals surface area contributed by atoms with Gasteiger partial charge in [0.1, 0.15) is 0 Å². The highest BCUT2D eigenvalue weighted by atomic mass is 16.5. The van der Waals surface area contributed by atoms with E-state index in [0.29, 0.717) is 0 Å². The van der Waals surface area contributed by atoms with Crippen molar-refractivity contribution in [1.82, 2.24) is 5.32 Å². The Hall–Kier alpha value is -0.0800. The van der Waals surface area contributed by atoms with Gasteiger partial charge in [0.25, 0.3) is 0 Å². The maximum Gasteiger partial charge on any atom is 0.0599 e. The second-order valence-electron chi connectivity index (χ2n) is 5.65. The lowest BCUT2D eigenvalue weighted by Crippen LogP contribution is -2.27. The minimum atomic E-state index is 0.00708. The molecule has 0 heterocycles. The zero-order chi connectivity index (χ0) is 11.1. The normalized spacial score (nSPS) is 18.6. The molecule has 15 heavy (non-hydrogen) atoms. The summed E-state index contributed by atoms with van der Waals surface area (Å²) in [6.07, 6.45) is 7.19. The minimum absolute atomic E-state index is 0.00708. The highest BCUT2D eigenvalue weighted by molar-refractivity contribution is 4.68. The molecule has 0 unspecified atom stereocenters. The molecular formula is C13H27NO. The molecule has 0 aliphatic heterocycles. The zero-order valence-electron chi connectivity index (χ0n) is 10.6. The SMILES string of the molecule is CC(C)(C)OCCNCCC1CCCC1. The monoisotopic (exact) mass is 213 g/mol. The smallest absolute Gasteiger partial charge is 0.0599 e. The van der Waals surface area contributed by atoms with E-state index >= 15 is 0 Å². The van der Waals surface area contributed by atoms with E-state index in [1.54, 1.807) is 0 Å². The molecular weight excluding hydrogens is 186 g/mol. The Bertz CT molecular complexity index is 156. The van der Waals surface area contributed by atoms with Gasteiger partial charge in [0.15, 0.2) is 0 Å². The topological polar surface area (TPSA) is 21.3 Å². The maximum absolute atomic E-state index is 5.64. The highest BCUT2D eigenvalue weighted by Crippen LogP contribution is 2.26. The number of hydrogen-bond acceptors (Lipinski definition) is 2. The Labute approximate surface area is 94.8 Å². The summed E-state index contributed by atoms with van der Waals surface area (Å²) in [6, 6.07) is 0. The zero-order valence-corrected chi connectivity index (χ0v) is 10.6. The van der Waals surface area contributed by atoms with E-state index in [1.807, 2.05) is 0 Å². The molecule has 1 rings (SSSR count). The van der Waals surface area contributed by atoms with Gasteiger partial charge < -0.3 is 10.1 Å². The first-order chi connectivity index (χ1) is 7.08. The largest absolute Gasteiger partial charge is 0.375 e.